The lowest BCUT2D eigenvalue weighted by atomic mass is 10.2. The van der Waals surface area contributed by atoms with Crippen molar-refractivity contribution in [2.24, 2.45) is 0 Å². The minimum absolute atomic E-state index is 0.145. The van der Waals surface area contributed by atoms with Crippen LogP contribution in [-0.4, -0.2) is 71.1 Å². The van der Waals surface area contributed by atoms with Gasteiger partial charge in [0.1, 0.15) is 0 Å². The summed E-state index contributed by atoms with van der Waals surface area (Å²) >= 11 is 0. The molecule has 1 aromatic heterocycles. The van der Waals surface area contributed by atoms with E-state index in [2.05, 4.69) is 15.0 Å². The Morgan fingerprint density at radius 3 is 2.73 bits per heavy atom. The van der Waals surface area contributed by atoms with Crippen molar-refractivity contribution in [1.82, 2.24) is 19.9 Å². The molecule has 2 heterocycles. The van der Waals surface area contributed by atoms with Gasteiger partial charge in [0.25, 0.3) is 0 Å². The van der Waals surface area contributed by atoms with Crippen molar-refractivity contribution >= 4 is 11.9 Å². The van der Waals surface area contributed by atoms with Gasteiger partial charge in [0.2, 0.25) is 11.8 Å². The first kappa shape index (κ1) is 20.4. The Bertz CT molecular complexity index is 588. The minimum atomic E-state index is -0.201. The first-order valence-corrected chi connectivity index (χ1v) is 9.47. The molecule has 0 unspecified atom stereocenters. The van der Waals surface area contributed by atoms with Crippen LogP contribution in [-0.2, 0) is 20.7 Å². The lowest BCUT2D eigenvalue weighted by Gasteiger charge is -2.21. The van der Waals surface area contributed by atoms with Crippen LogP contribution < -0.4 is 0 Å². The van der Waals surface area contributed by atoms with Gasteiger partial charge in [0, 0.05) is 44.9 Å². The molecule has 1 aromatic rings. The highest BCUT2D eigenvalue weighted by molar-refractivity contribution is 5.76. The lowest BCUT2D eigenvalue weighted by molar-refractivity contribution is -0.144. The molecule has 26 heavy (non-hydrogen) atoms. The Morgan fingerprint density at radius 2 is 2.04 bits per heavy atom. The number of rotatable bonds is 8. The molecule has 1 amide bonds. The van der Waals surface area contributed by atoms with Crippen molar-refractivity contribution in [2.75, 3.05) is 39.3 Å². The molecule has 8 heteroatoms. The summed E-state index contributed by atoms with van der Waals surface area (Å²) in [5.41, 5.74) is 0. The topological polar surface area (TPSA) is 88.8 Å². The predicted octanol–water partition coefficient (Wildman–Crippen LogP) is 1.61. The van der Waals surface area contributed by atoms with Crippen molar-refractivity contribution in [3.8, 4) is 0 Å². The van der Waals surface area contributed by atoms with Crippen molar-refractivity contribution in [3.05, 3.63) is 11.7 Å². The van der Waals surface area contributed by atoms with E-state index in [4.69, 9.17) is 9.26 Å². The number of aromatic nitrogens is 2. The standard InChI is InChI=1S/C18H30N4O4/c1-4-25-17(24)13-21-9-6-10-22(12-11-21)16(23)8-5-7-15-19-18(14(2)3)20-26-15/h14H,4-13H2,1-3H3. The second-order valence-corrected chi connectivity index (χ2v) is 6.87. The highest BCUT2D eigenvalue weighted by Gasteiger charge is 2.20. The fourth-order valence-electron chi connectivity index (χ4n) is 2.92. The molecule has 0 aliphatic carbocycles. The molecule has 0 bridgehead atoms. The van der Waals surface area contributed by atoms with Gasteiger partial charge in [-0.1, -0.05) is 19.0 Å². The van der Waals surface area contributed by atoms with Gasteiger partial charge in [0.15, 0.2) is 5.82 Å². The van der Waals surface area contributed by atoms with Crippen molar-refractivity contribution in [2.45, 2.75) is 52.4 Å². The summed E-state index contributed by atoms with van der Waals surface area (Å²) in [6.07, 6.45) is 2.65. The predicted molar refractivity (Wildman–Crippen MR) is 95.6 cm³/mol. The number of esters is 1. The second kappa shape index (κ2) is 10.3. The van der Waals surface area contributed by atoms with E-state index in [-0.39, 0.29) is 17.8 Å². The van der Waals surface area contributed by atoms with Crippen molar-refractivity contribution in [3.63, 3.8) is 0 Å². The maximum Gasteiger partial charge on any atom is 0.320 e. The van der Waals surface area contributed by atoms with E-state index in [0.717, 1.165) is 19.5 Å². The van der Waals surface area contributed by atoms with Crippen LogP contribution in [0.2, 0.25) is 0 Å². The van der Waals surface area contributed by atoms with Crippen LogP contribution in [0.4, 0.5) is 0 Å². The van der Waals surface area contributed by atoms with Gasteiger partial charge in [-0.25, -0.2) is 0 Å². The maximum atomic E-state index is 12.4. The summed E-state index contributed by atoms with van der Waals surface area (Å²) in [5, 5.41) is 3.94. The molecule has 1 saturated heterocycles. The zero-order chi connectivity index (χ0) is 18.9. The third kappa shape index (κ3) is 6.40. The summed E-state index contributed by atoms with van der Waals surface area (Å²) in [7, 11) is 0. The van der Waals surface area contributed by atoms with E-state index < -0.39 is 0 Å². The Labute approximate surface area is 154 Å². The van der Waals surface area contributed by atoms with Crippen LogP contribution in [0.25, 0.3) is 0 Å². The highest BCUT2D eigenvalue weighted by atomic mass is 16.5. The fourth-order valence-corrected chi connectivity index (χ4v) is 2.92. The monoisotopic (exact) mass is 366 g/mol. The number of aryl methyl sites for hydroxylation is 1. The number of hydrogen-bond acceptors (Lipinski definition) is 7. The summed E-state index contributed by atoms with van der Waals surface area (Å²) in [4.78, 5) is 32.3. The van der Waals surface area contributed by atoms with Crippen LogP contribution in [0.3, 0.4) is 0 Å². The van der Waals surface area contributed by atoms with Gasteiger partial charge in [-0.3, -0.25) is 14.5 Å². The molecule has 0 spiro atoms. The van der Waals surface area contributed by atoms with Crippen LogP contribution in [0.1, 0.15) is 57.7 Å². The summed E-state index contributed by atoms with van der Waals surface area (Å²) in [5.74, 6) is 1.49. The maximum absolute atomic E-state index is 12.4. The molecular formula is C18H30N4O4. The molecule has 1 aliphatic rings. The van der Waals surface area contributed by atoms with Gasteiger partial charge in [-0.05, 0) is 19.8 Å². The zero-order valence-corrected chi connectivity index (χ0v) is 16.1. The number of carbonyl (C=O) groups excluding carboxylic acids is 2. The molecule has 146 valence electrons. The molecule has 8 nitrogen and oxygen atoms in total. The Hall–Kier alpha value is -1.96. The molecule has 0 saturated carbocycles. The minimum Gasteiger partial charge on any atom is -0.465 e. The fraction of sp³-hybridized carbons (Fsp3) is 0.778. The smallest absolute Gasteiger partial charge is 0.320 e. The number of amides is 1. The quantitative estimate of drug-likeness (QED) is 0.646. The molecule has 1 aliphatic heterocycles. The number of carbonyl (C=O) groups is 2. The third-order valence-corrected chi connectivity index (χ3v) is 4.38. The van der Waals surface area contributed by atoms with E-state index in [0.29, 0.717) is 57.2 Å². The molecule has 0 N–H and O–H groups in total. The Morgan fingerprint density at radius 1 is 1.23 bits per heavy atom. The molecule has 0 radical (unpaired) electrons. The summed E-state index contributed by atoms with van der Waals surface area (Å²) in [6.45, 7) is 9.42. The number of hydrogen-bond donors (Lipinski definition) is 0. The molecule has 2 rings (SSSR count). The van der Waals surface area contributed by atoms with Gasteiger partial charge in [-0.2, -0.15) is 4.98 Å². The average Bonchev–Trinajstić information content (AvgIpc) is 2.95. The first-order chi connectivity index (χ1) is 12.5. The van der Waals surface area contributed by atoms with Crippen LogP contribution >= 0.6 is 0 Å². The van der Waals surface area contributed by atoms with E-state index in [9.17, 15) is 9.59 Å². The Kier molecular flexibility index (Phi) is 8.03. The van der Waals surface area contributed by atoms with Gasteiger partial charge in [-0.15, -0.1) is 0 Å². The largest absolute Gasteiger partial charge is 0.465 e. The van der Waals surface area contributed by atoms with Crippen LogP contribution in [0.15, 0.2) is 4.52 Å². The molecular weight excluding hydrogens is 336 g/mol. The molecule has 0 aromatic carbocycles. The molecule has 1 fully saturated rings. The van der Waals surface area contributed by atoms with Crippen LogP contribution in [0.5, 0.6) is 0 Å². The normalized spacial score (nSPS) is 15.9. The summed E-state index contributed by atoms with van der Waals surface area (Å²) in [6, 6.07) is 0. The van der Waals surface area contributed by atoms with Gasteiger partial charge < -0.3 is 14.2 Å². The van der Waals surface area contributed by atoms with E-state index in [1.165, 1.54) is 0 Å². The van der Waals surface area contributed by atoms with Crippen molar-refractivity contribution < 1.29 is 18.8 Å². The molecule has 0 atom stereocenters. The summed E-state index contributed by atoms with van der Waals surface area (Å²) < 4.78 is 10.2. The average molecular weight is 366 g/mol. The highest BCUT2D eigenvalue weighted by Crippen LogP contribution is 2.12. The van der Waals surface area contributed by atoms with Crippen molar-refractivity contribution in [1.29, 1.82) is 0 Å². The second-order valence-electron chi connectivity index (χ2n) is 6.87. The lowest BCUT2D eigenvalue weighted by Crippen LogP contribution is -2.37. The zero-order valence-electron chi connectivity index (χ0n) is 16.1. The Balaban J connectivity index is 1.71. The van der Waals surface area contributed by atoms with E-state index >= 15 is 0 Å². The van der Waals surface area contributed by atoms with Crippen LogP contribution in [0, 0.1) is 0 Å². The first-order valence-electron chi connectivity index (χ1n) is 9.47. The third-order valence-electron chi connectivity index (χ3n) is 4.38. The number of nitrogens with zero attached hydrogens (tertiary/aromatic N) is 4. The van der Waals surface area contributed by atoms with Gasteiger partial charge in [0.05, 0.1) is 13.2 Å². The number of ether oxygens (including phenoxy) is 1. The van der Waals surface area contributed by atoms with E-state index in [1.54, 1.807) is 6.92 Å². The van der Waals surface area contributed by atoms with Gasteiger partial charge >= 0.3 is 5.97 Å². The SMILES string of the molecule is CCOC(=O)CN1CCCN(C(=O)CCCc2nc(C(C)C)no2)CC1. The van der Waals surface area contributed by atoms with E-state index in [1.807, 2.05) is 18.7 Å².